The first-order valence-electron chi connectivity index (χ1n) is 6.31. The van der Waals surface area contributed by atoms with Crippen molar-refractivity contribution in [3.8, 4) is 5.75 Å². The molecule has 1 aromatic rings. The average molecular weight is 250 g/mol. The zero-order valence-corrected chi connectivity index (χ0v) is 11.3. The number of methoxy groups -OCH3 is 1. The molecule has 0 aliphatic carbocycles. The molecule has 0 bridgehead atoms. The summed E-state index contributed by atoms with van der Waals surface area (Å²) >= 11 is 0. The number of carbonyl (C=O) groups excluding carboxylic acids is 1. The zero-order chi connectivity index (χ0) is 13.4. The molecule has 1 aromatic carbocycles. The molecule has 1 rings (SSSR count). The van der Waals surface area contributed by atoms with Gasteiger partial charge in [0.2, 0.25) is 5.91 Å². The summed E-state index contributed by atoms with van der Waals surface area (Å²) in [7, 11) is 1.66. The number of benzene rings is 1. The first-order valence-corrected chi connectivity index (χ1v) is 6.31. The second kappa shape index (κ2) is 7.71. The maximum absolute atomic E-state index is 11.3. The van der Waals surface area contributed by atoms with Gasteiger partial charge in [0.1, 0.15) is 5.75 Å². The second-order valence-electron chi connectivity index (χ2n) is 4.15. The fraction of sp³-hybridized carbons (Fsp3) is 0.500. The Kier molecular flexibility index (Phi) is 6.22. The third-order valence-electron chi connectivity index (χ3n) is 2.79. The summed E-state index contributed by atoms with van der Waals surface area (Å²) in [6.07, 6.45) is 0.508. The van der Waals surface area contributed by atoms with Gasteiger partial charge in [-0.3, -0.25) is 4.79 Å². The minimum atomic E-state index is 0.0898. The molecule has 0 aromatic heterocycles. The summed E-state index contributed by atoms with van der Waals surface area (Å²) in [6, 6.07) is 8.17. The van der Waals surface area contributed by atoms with Crippen LogP contribution in [0.25, 0.3) is 0 Å². The Hall–Kier alpha value is -1.55. The fourth-order valence-electron chi connectivity index (χ4n) is 1.70. The van der Waals surface area contributed by atoms with Crippen LogP contribution in [0.2, 0.25) is 0 Å². The number of carbonyl (C=O) groups is 1. The van der Waals surface area contributed by atoms with E-state index in [1.165, 1.54) is 5.56 Å². The minimum Gasteiger partial charge on any atom is -0.497 e. The van der Waals surface area contributed by atoms with E-state index in [0.29, 0.717) is 19.5 Å². The van der Waals surface area contributed by atoms with Crippen LogP contribution in [0.1, 0.15) is 31.9 Å². The molecule has 1 atom stereocenters. The minimum absolute atomic E-state index is 0.0898. The van der Waals surface area contributed by atoms with E-state index >= 15 is 0 Å². The topological polar surface area (TPSA) is 50.4 Å². The van der Waals surface area contributed by atoms with Crippen molar-refractivity contribution in [2.45, 2.75) is 26.3 Å². The molecule has 100 valence electrons. The molecule has 0 radical (unpaired) electrons. The maximum atomic E-state index is 11.3. The molecule has 18 heavy (non-hydrogen) atoms. The molecular formula is C14H22N2O2. The quantitative estimate of drug-likeness (QED) is 0.776. The molecule has 1 amide bonds. The number of nitrogens with one attached hydrogen (secondary N) is 2. The monoisotopic (exact) mass is 250 g/mol. The van der Waals surface area contributed by atoms with Crippen LogP contribution in [0.3, 0.4) is 0 Å². The Morgan fingerprint density at radius 3 is 2.56 bits per heavy atom. The second-order valence-corrected chi connectivity index (χ2v) is 4.15. The normalized spacial score (nSPS) is 11.9. The number of rotatable bonds is 7. The number of ether oxygens (including phenoxy) is 1. The van der Waals surface area contributed by atoms with Crippen molar-refractivity contribution in [1.82, 2.24) is 10.6 Å². The molecule has 4 heteroatoms. The van der Waals surface area contributed by atoms with Gasteiger partial charge in [0.05, 0.1) is 7.11 Å². The van der Waals surface area contributed by atoms with Crippen LogP contribution in [0.5, 0.6) is 5.75 Å². The summed E-state index contributed by atoms with van der Waals surface area (Å²) in [4.78, 5) is 11.3. The number of hydrogen-bond donors (Lipinski definition) is 2. The van der Waals surface area contributed by atoms with E-state index in [9.17, 15) is 4.79 Å². The van der Waals surface area contributed by atoms with Gasteiger partial charge in [-0.1, -0.05) is 12.1 Å². The van der Waals surface area contributed by atoms with Gasteiger partial charge in [0, 0.05) is 25.6 Å². The summed E-state index contributed by atoms with van der Waals surface area (Å²) in [6.45, 7) is 5.37. The van der Waals surface area contributed by atoms with Gasteiger partial charge in [0.25, 0.3) is 0 Å². The molecule has 0 aliphatic rings. The molecule has 0 saturated heterocycles. The standard InChI is InChI=1S/C14H22N2O2/c1-4-15-14(17)9-10-16-11(2)12-5-7-13(18-3)8-6-12/h5-8,11,16H,4,9-10H2,1-3H3,(H,15,17). The molecule has 0 spiro atoms. The van der Waals surface area contributed by atoms with Crippen molar-refractivity contribution in [3.63, 3.8) is 0 Å². The Bertz CT molecular complexity index is 363. The molecule has 1 unspecified atom stereocenters. The van der Waals surface area contributed by atoms with E-state index in [0.717, 1.165) is 5.75 Å². The van der Waals surface area contributed by atoms with Gasteiger partial charge in [-0.05, 0) is 31.5 Å². The number of amides is 1. The maximum Gasteiger partial charge on any atom is 0.221 e. The highest BCUT2D eigenvalue weighted by Crippen LogP contribution is 2.16. The van der Waals surface area contributed by atoms with Crippen molar-refractivity contribution < 1.29 is 9.53 Å². The predicted molar refractivity (Wildman–Crippen MR) is 72.7 cm³/mol. The summed E-state index contributed by atoms with van der Waals surface area (Å²) in [5, 5.41) is 6.10. The smallest absolute Gasteiger partial charge is 0.221 e. The van der Waals surface area contributed by atoms with E-state index in [4.69, 9.17) is 4.74 Å². The van der Waals surface area contributed by atoms with Gasteiger partial charge in [-0.25, -0.2) is 0 Å². The number of hydrogen-bond acceptors (Lipinski definition) is 3. The summed E-state index contributed by atoms with van der Waals surface area (Å²) in [5.74, 6) is 0.945. The van der Waals surface area contributed by atoms with Crippen molar-refractivity contribution in [2.75, 3.05) is 20.2 Å². The van der Waals surface area contributed by atoms with Crippen LogP contribution in [0, 0.1) is 0 Å². The lowest BCUT2D eigenvalue weighted by molar-refractivity contribution is -0.120. The highest BCUT2D eigenvalue weighted by atomic mass is 16.5. The van der Waals surface area contributed by atoms with Crippen LogP contribution in [-0.4, -0.2) is 26.1 Å². The van der Waals surface area contributed by atoms with Crippen molar-refractivity contribution in [2.24, 2.45) is 0 Å². The van der Waals surface area contributed by atoms with Crippen LogP contribution in [-0.2, 0) is 4.79 Å². The van der Waals surface area contributed by atoms with Gasteiger partial charge >= 0.3 is 0 Å². The van der Waals surface area contributed by atoms with Crippen LogP contribution < -0.4 is 15.4 Å². The Balaban J connectivity index is 2.35. The molecule has 0 heterocycles. The lowest BCUT2D eigenvalue weighted by atomic mass is 10.1. The first-order chi connectivity index (χ1) is 8.67. The van der Waals surface area contributed by atoms with Crippen molar-refractivity contribution >= 4 is 5.91 Å². The lowest BCUT2D eigenvalue weighted by Gasteiger charge is -2.14. The van der Waals surface area contributed by atoms with E-state index in [2.05, 4.69) is 17.6 Å². The molecule has 4 nitrogen and oxygen atoms in total. The molecule has 0 aliphatic heterocycles. The highest BCUT2D eigenvalue weighted by molar-refractivity contribution is 5.75. The Labute approximate surface area is 109 Å². The fourth-order valence-corrected chi connectivity index (χ4v) is 1.70. The Morgan fingerprint density at radius 1 is 1.33 bits per heavy atom. The zero-order valence-electron chi connectivity index (χ0n) is 11.3. The van der Waals surface area contributed by atoms with E-state index in [-0.39, 0.29) is 11.9 Å². The van der Waals surface area contributed by atoms with Crippen molar-refractivity contribution in [1.29, 1.82) is 0 Å². The van der Waals surface area contributed by atoms with Gasteiger partial charge in [0.15, 0.2) is 0 Å². The average Bonchev–Trinajstić information content (AvgIpc) is 2.39. The van der Waals surface area contributed by atoms with E-state index in [1.807, 2.05) is 31.2 Å². The van der Waals surface area contributed by atoms with Gasteiger partial charge in [-0.15, -0.1) is 0 Å². The largest absolute Gasteiger partial charge is 0.497 e. The summed E-state index contributed by atoms with van der Waals surface area (Å²) < 4.78 is 5.12. The molecular weight excluding hydrogens is 228 g/mol. The third-order valence-corrected chi connectivity index (χ3v) is 2.79. The predicted octanol–water partition coefficient (Wildman–Crippen LogP) is 1.87. The van der Waals surface area contributed by atoms with Crippen LogP contribution >= 0.6 is 0 Å². The van der Waals surface area contributed by atoms with Crippen LogP contribution in [0.4, 0.5) is 0 Å². The first kappa shape index (κ1) is 14.5. The molecule has 0 saturated carbocycles. The molecule has 2 N–H and O–H groups in total. The summed E-state index contributed by atoms with van der Waals surface area (Å²) in [5.41, 5.74) is 1.19. The van der Waals surface area contributed by atoms with Crippen molar-refractivity contribution in [3.05, 3.63) is 29.8 Å². The highest BCUT2D eigenvalue weighted by Gasteiger charge is 2.06. The van der Waals surface area contributed by atoms with E-state index < -0.39 is 0 Å². The molecule has 0 fully saturated rings. The SMILES string of the molecule is CCNC(=O)CCNC(C)c1ccc(OC)cc1. The Morgan fingerprint density at radius 2 is 2.00 bits per heavy atom. The van der Waals surface area contributed by atoms with Crippen LogP contribution in [0.15, 0.2) is 24.3 Å². The third kappa shape index (κ3) is 4.75. The van der Waals surface area contributed by atoms with E-state index in [1.54, 1.807) is 7.11 Å². The van der Waals surface area contributed by atoms with Gasteiger partial charge in [-0.2, -0.15) is 0 Å². The van der Waals surface area contributed by atoms with Gasteiger partial charge < -0.3 is 15.4 Å². The lowest BCUT2D eigenvalue weighted by Crippen LogP contribution is -2.28.